The monoisotopic (exact) mass is 200 g/mol. The molecule has 1 heterocycles. The molecule has 14 heavy (non-hydrogen) atoms. The van der Waals surface area contributed by atoms with E-state index in [0.29, 0.717) is 13.1 Å². The zero-order valence-corrected chi connectivity index (χ0v) is 8.32. The summed E-state index contributed by atoms with van der Waals surface area (Å²) in [5.74, 6) is -0.940. The normalized spacial score (nSPS) is 23.2. The molecule has 1 fully saturated rings. The standard InChI is InChI=1S/C9H16N2O3/c1-2-3-11-5-7(4-9(13)14)10-8(12)6-11/h7H,2-6H2,1H3,(H,10,12)(H,13,14). The van der Waals surface area contributed by atoms with Crippen LogP contribution in [0.2, 0.25) is 0 Å². The fourth-order valence-electron chi connectivity index (χ4n) is 1.71. The van der Waals surface area contributed by atoms with Crippen molar-refractivity contribution in [1.82, 2.24) is 10.2 Å². The van der Waals surface area contributed by atoms with Crippen LogP contribution in [-0.4, -0.2) is 47.6 Å². The molecule has 1 saturated heterocycles. The van der Waals surface area contributed by atoms with Gasteiger partial charge in [-0.15, -0.1) is 0 Å². The van der Waals surface area contributed by atoms with E-state index in [9.17, 15) is 9.59 Å². The molecular formula is C9H16N2O3. The molecule has 1 aliphatic heterocycles. The van der Waals surface area contributed by atoms with E-state index in [1.54, 1.807) is 0 Å². The Hall–Kier alpha value is -1.10. The lowest BCUT2D eigenvalue weighted by Gasteiger charge is -2.31. The van der Waals surface area contributed by atoms with Crippen molar-refractivity contribution in [2.75, 3.05) is 19.6 Å². The highest BCUT2D eigenvalue weighted by Gasteiger charge is 2.25. The molecule has 1 atom stereocenters. The number of hydrogen-bond donors (Lipinski definition) is 2. The lowest BCUT2D eigenvalue weighted by Crippen LogP contribution is -2.54. The molecule has 0 radical (unpaired) electrons. The van der Waals surface area contributed by atoms with Gasteiger partial charge in [0.15, 0.2) is 0 Å². The smallest absolute Gasteiger partial charge is 0.305 e. The maximum absolute atomic E-state index is 11.2. The zero-order chi connectivity index (χ0) is 10.6. The number of carbonyl (C=O) groups excluding carboxylic acids is 1. The number of hydrogen-bond acceptors (Lipinski definition) is 3. The Morgan fingerprint density at radius 2 is 2.43 bits per heavy atom. The van der Waals surface area contributed by atoms with E-state index < -0.39 is 5.97 Å². The number of rotatable bonds is 4. The van der Waals surface area contributed by atoms with Gasteiger partial charge in [0.1, 0.15) is 0 Å². The van der Waals surface area contributed by atoms with Gasteiger partial charge >= 0.3 is 5.97 Å². The van der Waals surface area contributed by atoms with Gasteiger partial charge in [-0.3, -0.25) is 14.5 Å². The first-order valence-corrected chi connectivity index (χ1v) is 4.85. The second-order valence-corrected chi connectivity index (χ2v) is 3.60. The van der Waals surface area contributed by atoms with Gasteiger partial charge in [-0.25, -0.2) is 0 Å². The Morgan fingerprint density at radius 1 is 1.71 bits per heavy atom. The van der Waals surface area contributed by atoms with Gasteiger partial charge in [-0.1, -0.05) is 6.92 Å². The van der Waals surface area contributed by atoms with Gasteiger partial charge in [0.05, 0.1) is 19.0 Å². The molecule has 1 aliphatic rings. The number of carboxylic acid groups (broad SMARTS) is 1. The van der Waals surface area contributed by atoms with Crippen LogP contribution in [0.15, 0.2) is 0 Å². The molecule has 2 N–H and O–H groups in total. The molecule has 5 nitrogen and oxygen atoms in total. The van der Waals surface area contributed by atoms with E-state index in [2.05, 4.69) is 5.32 Å². The maximum atomic E-state index is 11.2. The maximum Gasteiger partial charge on any atom is 0.305 e. The summed E-state index contributed by atoms with van der Waals surface area (Å²) in [7, 11) is 0. The third-order valence-corrected chi connectivity index (χ3v) is 2.17. The molecule has 80 valence electrons. The summed E-state index contributed by atoms with van der Waals surface area (Å²) in [5.41, 5.74) is 0. The summed E-state index contributed by atoms with van der Waals surface area (Å²) in [5, 5.41) is 11.3. The van der Waals surface area contributed by atoms with Crippen LogP contribution in [-0.2, 0) is 9.59 Å². The van der Waals surface area contributed by atoms with Crippen molar-refractivity contribution in [2.45, 2.75) is 25.8 Å². The Morgan fingerprint density at radius 3 is 3.00 bits per heavy atom. The fraction of sp³-hybridized carbons (Fsp3) is 0.778. The molecule has 0 aromatic heterocycles. The van der Waals surface area contributed by atoms with Crippen molar-refractivity contribution < 1.29 is 14.7 Å². The minimum atomic E-state index is -0.867. The molecule has 1 unspecified atom stereocenters. The summed E-state index contributed by atoms with van der Waals surface area (Å²) in [4.78, 5) is 23.7. The van der Waals surface area contributed by atoms with Crippen LogP contribution in [0.5, 0.6) is 0 Å². The van der Waals surface area contributed by atoms with Gasteiger partial charge in [0, 0.05) is 6.54 Å². The van der Waals surface area contributed by atoms with Crippen molar-refractivity contribution in [1.29, 1.82) is 0 Å². The number of aliphatic carboxylic acids is 1. The molecule has 0 aromatic rings. The summed E-state index contributed by atoms with van der Waals surface area (Å²) in [6.07, 6.45) is 0.985. The molecular weight excluding hydrogens is 184 g/mol. The van der Waals surface area contributed by atoms with Crippen LogP contribution >= 0.6 is 0 Å². The first kappa shape index (κ1) is 11.0. The first-order valence-electron chi connectivity index (χ1n) is 4.85. The van der Waals surface area contributed by atoms with E-state index in [1.165, 1.54) is 0 Å². The van der Waals surface area contributed by atoms with Gasteiger partial charge in [0.2, 0.25) is 5.91 Å². The second-order valence-electron chi connectivity index (χ2n) is 3.60. The van der Waals surface area contributed by atoms with Crippen molar-refractivity contribution in [3.05, 3.63) is 0 Å². The Kier molecular flexibility index (Phi) is 3.88. The Balaban J connectivity index is 2.45. The molecule has 0 aliphatic carbocycles. The predicted molar refractivity (Wildman–Crippen MR) is 50.9 cm³/mol. The fourth-order valence-corrected chi connectivity index (χ4v) is 1.71. The lowest BCUT2D eigenvalue weighted by molar-refractivity contribution is -0.138. The van der Waals surface area contributed by atoms with Gasteiger partial charge in [-0.2, -0.15) is 0 Å². The van der Waals surface area contributed by atoms with E-state index >= 15 is 0 Å². The SMILES string of the molecule is CCCN1CC(=O)NC(CC(=O)O)C1. The molecule has 5 heteroatoms. The molecule has 1 rings (SSSR count). The summed E-state index contributed by atoms with van der Waals surface area (Å²) in [6, 6.07) is -0.236. The Bertz CT molecular complexity index is 228. The molecule has 0 spiro atoms. The number of piperazine rings is 1. The molecule has 0 aromatic carbocycles. The van der Waals surface area contributed by atoms with Crippen LogP contribution in [0.25, 0.3) is 0 Å². The minimum absolute atomic E-state index is 0.00591. The van der Waals surface area contributed by atoms with Crippen LogP contribution in [0.1, 0.15) is 19.8 Å². The van der Waals surface area contributed by atoms with Crippen molar-refractivity contribution in [3.63, 3.8) is 0 Å². The highest BCUT2D eigenvalue weighted by molar-refractivity contribution is 5.80. The minimum Gasteiger partial charge on any atom is -0.481 e. The Labute approximate surface area is 83.1 Å². The average Bonchev–Trinajstić information content (AvgIpc) is 2.01. The number of carbonyl (C=O) groups is 2. The van der Waals surface area contributed by atoms with E-state index in [4.69, 9.17) is 5.11 Å². The number of nitrogens with zero attached hydrogens (tertiary/aromatic N) is 1. The van der Waals surface area contributed by atoms with Crippen LogP contribution in [0.3, 0.4) is 0 Å². The lowest BCUT2D eigenvalue weighted by atomic mass is 10.1. The highest BCUT2D eigenvalue weighted by Crippen LogP contribution is 2.04. The third kappa shape index (κ3) is 3.33. The second kappa shape index (κ2) is 4.95. The molecule has 0 saturated carbocycles. The summed E-state index contributed by atoms with van der Waals surface area (Å²) < 4.78 is 0. The van der Waals surface area contributed by atoms with Gasteiger partial charge in [-0.05, 0) is 13.0 Å². The van der Waals surface area contributed by atoms with Crippen molar-refractivity contribution in [3.8, 4) is 0 Å². The van der Waals surface area contributed by atoms with E-state index in [1.807, 2.05) is 11.8 Å². The van der Waals surface area contributed by atoms with E-state index in [0.717, 1.165) is 13.0 Å². The molecule has 0 bridgehead atoms. The third-order valence-electron chi connectivity index (χ3n) is 2.17. The van der Waals surface area contributed by atoms with Crippen molar-refractivity contribution in [2.24, 2.45) is 0 Å². The van der Waals surface area contributed by atoms with Gasteiger partial charge < -0.3 is 10.4 Å². The van der Waals surface area contributed by atoms with Crippen LogP contribution in [0, 0.1) is 0 Å². The van der Waals surface area contributed by atoms with Gasteiger partial charge in [0.25, 0.3) is 0 Å². The largest absolute Gasteiger partial charge is 0.481 e. The number of nitrogens with one attached hydrogen (secondary N) is 1. The number of carboxylic acids is 1. The number of amides is 1. The summed E-state index contributed by atoms with van der Waals surface area (Å²) in [6.45, 7) is 3.93. The summed E-state index contributed by atoms with van der Waals surface area (Å²) >= 11 is 0. The molecule has 1 amide bonds. The predicted octanol–water partition coefficient (Wildman–Crippen LogP) is -0.328. The van der Waals surface area contributed by atoms with Crippen LogP contribution < -0.4 is 5.32 Å². The zero-order valence-electron chi connectivity index (χ0n) is 8.32. The topological polar surface area (TPSA) is 69.6 Å². The van der Waals surface area contributed by atoms with Crippen LogP contribution in [0.4, 0.5) is 0 Å². The quantitative estimate of drug-likeness (QED) is 0.652. The van der Waals surface area contributed by atoms with E-state index in [-0.39, 0.29) is 18.4 Å². The van der Waals surface area contributed by atoms with Crippen molar-refractivity contribution >= 4 is 11.9 Å². The average molecular weight is 200 g/mol. The first-order chi connectivity index (χ1) is 6.61. The highest BCUT2D eigenvalue weighted by atomic mass is 16.4.